The molecule has 2 aromatic carbocycles. The Labute approximate surface area is 116 Å². The normalized spacial score (nSPS) is 12.2. The average Bonchev–Trinajstić information content (AvgIpc) is 2.47. The van der Waals surface area contributed by atoms with Gasteiger partial charge < -0.3 is 4.74 Å². The number of nitrogens with one attached hydrogen (secondary N) is 1. The molecular formula is C15H16F2N2O. The fourth-order valence-corrected chi connectivity index (χ4v) is 2.07. The zero-order valence-corrected chi connectivity index (χ0v) is 11.1. The fourth-order valence-electron chi connectivity index (χ4n) is 2.07. The highest BCUT2D eigenvalue weighted by molar-refractivity contribution is 5.34. The van der Waals surface area contributed by atoms with E-state index < -0.39 is 11.9 Å². The van der Waals surface area contributed by atoms with Crippen molar-refractivity contribution in [3.05, 3.63) is 65.2 Å². The summed E-state index contributed by atoms with van der Waals surface area (Å²) in [5.41, 5.74) is 3.86. The molecule has 2 rings (SSSR count). The first-order valence-electron chi connectivity index (χ1n) is 6.18. The number of ether oxygens (including phenoxy) is 1. The number of halogens is 2. The summed E-state index contributed by atoms with van der Waals surface area (Å²) in [6, 6.07) is 10.5. The van der Waals surface area contributed by atoms with Crippen LogP contribution in [0.15, 0.2) is 42.5 Å². The average molecular weight is 278 g/mol. The first kappa shape index (κ1) is 14.4. The van der Waals surface area contributed by atoms with E-state index in [1.54, 1.807) is 30.3 Å². The van der Waals surface area contributed by atoms with E-state index >= 15 is 0 Å². The van der Waals surface area contributed by atoms with Crippen molar-refractivity contribution in [1.82, 2.24) is 5.43 Å². The molecule has 0 saturated heterocycles. The Morgan fingerprint density at radius 2 is 1.85 bits per heavy atom. The largest absolute Gasteiger partial charge is 0.494 e. The number of nitrogens with two attached hydrogens (primary N) is 1. The zero-order valence-electron chi connectivity index (χ0n) is 11.1. The smallest absolute Gasteiger partial charge is 0.169 e. The molecule has 5 heteroatoms. The summed E-state index contributed by atoms with van der Waals surface area (Å²) in [5.74, 6) is 4.93. The maximum absolute atomic E-state index is 14.2. The lowest BCUT2D eigenvalue weighted by atomic mass is 9.98. The predicted octanol–water partition coefficient (Wildman–Crippen LogP) is 2.72. The number of benzene rings is 2. The van der Waals surface area contributed by atoms with Gasteiger partial charge in [-0.3, -0.25) is 11.3 Å². The molecule has 20 heavy (non-hydrogen) atoms. The van der Waals surface area contributed by atoms with Crippen molar-refractivity contribution < 1.29 is 13.5 Å². The van der Waals surface area contributed by atoms with Crippen LogP contribution in [0.1, 0.15) is 17.2 Å². The van der Waals surface area contributed by atoms with Gasteiger partial charge in [-0.2, -0.15) is 0 Å². The van der Waals surface area contributed by atoms with Crippen molar-refractivity contribution in [1.29, 1.82) is 0 Å². The standard InChI is InChI=1S/C15H16F2N2O/c1-20-14-4-2-3-12(15(14)17)13(19-18)9-10-5-7-11(16)8-6-10/h2-8,13,19H,9,18H2,1H3. The van der Waals surface area contributed by atoms with Crippen LogP contribution in [0.3, 0.4) is 0 Å². The Kier molecular flexibility index (Phi) is 4.65. The molecule has 0 spiro atoms. The van der Waals surface area contributed by atoms with Gasteiger partial charge in [0.15, 0.2) is 11.6 Å². The summed E-state index contributed by atoms with van der Waals surface area (Å²) < 4.78 is 32.0. The van der Waals surface area contributed by atoms with Crippen LogP contribution in [0.4, 0.5) is 8.78 Å². The molecule has 1 atom stereocenters. The van der Waals surface area contributed by atoms with Gasteiger partial charge in [-0.25, -0.2) is 8.78 Å². The highest BCUT2D eigenvalue weighted by Gasteiger charge is 2.17. The second-order valence-corrected chi connectivity index (χ2v) is 4.41. The van der Waals surface area contributed by atoms with Crippen LogP contribution in [0.2, 0.25) is 0 Å². The molecule has 0 radical (unpaired) electrons. The molecule has 2 aromatic rings. The van der Waals surface area contributed by atoms with Gasteiger partial charge in [0.25, 0.3) is 0 Å². The van der Waals surface area contributed by atoms with Gasteiger partial charge in [0.1, 0.15) is 5.82 Å². The molecule has 0 aliphatic rings. The van der Waals surface area contributed by atoms with Crippen molar-refractivity contribution in [2.45, 2.75) is 12.5 Å². The van der Waals surface area contributed by atoms with Gasteiger partial charge in [-0.1, -0.05) is 24.3 Å². The molecule has 0 heterocycles. The second kappa shape index (κ2) is 6.45. The maximum atomic E-state index is 14.2. The van der Waals surface area contributed by atoms with Gasteiger partial charge in [-0.15, -0.1) is 0 Å². The first-order valence-corrected chi connectivity index (χ1v) is 6.18. The third kappa shape index (κ3) is 3.12. The third-order valence-electron chi connectivity index (χ3n) is 3.14. The highest BCUT2D eigenvalue weighted by atomic mass is 19.1. The lowest BCUT2D eigenvalue weighted by Gasteiger charge is -2.18. The van der Waals surface area contributed by atoms with Crippen molar-refractivity contribution in [2.75, 3.05) is 7.11 Å². The van der Waals surface area contributed by atoms with Crippen LogP contribution in [-0.4, -0.2) is 7.11 Å². The Balaban J connectivity index is 2.26. The molecule has 0 bridgehead atoms. The van der Waals surface area contributed by atoms with Crippen molar-refractivity contribution in [3.63, 3.8) is 0 Å². The number of hydrogen-bond donors (Lipinski definition) is 2. The molecule has 0 amide bonds. The minimum atomic E-state index is -0.444. The van der Waals surface area contributed by atoms with Crippen molar-refractivity contribution in [3.8, 4) is 5.75 Å². The van der Waals surface area contributed by atoms with E-state index in [4.69, 9.17) is 10.6 Å². The Hall–Kier alpha value is -1.98. The fraction of sp³-hybridized carbons (Fsp3) is 0.200. The number of hydrogen-bond acceptors (Lipinski definition) is 3. The van der Waals surface area contributed by atoms with Crippen LogP contribution >= 0.6 is 0 Å². The SMILES string of the molecule is COc1cccc(C(Cc2ccc(F)cc2)NN)c1F. The van der Waals surface area contributed by atoms with E-state index in [9.17, 15) is 8.78 Å². The van der Waals surface area contributed by atoms with Gasteiger partial charge in [0, 0.05) is 5.56 Å². The minimum absolute atomic E-state index is 0.168. The van der Waals surface area contributed by atoms with E-state index in [-0.39, 0.29) is 11.6 Å². The topological polar surface area (TPSA) is 47.3 Å². The van der Waals surface area contributed by atoms with Gasteiger partial charge in [-0.05, 0) is 30.2 Å². The summed E-state index contributed by atoms with van der Waals surface area (Å²) in [4.78, 5) is 0. The molecule has 106 valence electrons. The van der Waals surface area contributed by atoms with Crippen molar-refractivity contribution >= 4 is 0 Å². The molecule has 3 N–H and O–H groups in total. The summed E-state index contributed by atoms with van der Waals surface area (Å²) in [7, 11) is 1.41. The second-order valence-electron chi connectivity index (χ2n) is 4.41. The highest BCUT2D eigenvalue weighted by Crippen LogP contribution is 2.26. The lowest BCUT2D eigenvalue weighted by molar-refractivity contribution is 0.379. The maximum Gasteiger partial charge on any atom is 0.169 e. The van der Waals surface area contributed by atoms with Crippen LogP contribution in [0.25, 0.3) is 0 Å². The number of rotatable bonds is 5. The van der Waals surface area contributed by atoms with E-state index in [2.05, 4.69) is 5.43 Å². The van der Waals surface area contributed by atoms with E-state index in [1.165, 1.54) is 19.2 Å². The molecule has 0 aliphatic heterocycles. The van der Waals surface area contributed by atoms with Gasteiger partial charge >= 0.3 is 0 Å². The molecule has 0 saturated carbocycles. The summed E-state index contributed by atoms with van der Waals surface area (Å²) in [6.45, 7) is 0. The summed E-state index contributed by atoms with van der Waals surface area (Å²) in [5, 5.41) is 0. The third-order valence-corrected chi connectivity index (χ3v) is 3.14. The quantitative estimate of drug-likeness (QED) is 0.653. The molecule has 3 nitrogen and oxygen atoms in total. The minimum Gasteiger partial charge on any atom is -0.494 e. The van der Waals surface area contributed by atoms with Crippen LogP contribution in [0.5, 0.6) is 5.75 Å². The van der Waals surface area contributed by atoms with E-state index in [0.717, 1.165) is 5.56 Å². The van der Waals surface area contributed by atoms with Crippen LogP contribution < -0.4 is 16.0 Å². The first-order chi connectivity index (χ1) is 9.65. The van der Waals surface area contributed by atoms with Gasteiger partial charge in [0.05, 0.1) is 13.2 Å². The molecule has 0 aromatic heterocycles. The molecule has 0 fully saturated rings. The van der Waals surface area contributed by atoms with E-state index in [1.807, 2.05) is 0 Å². The predicted molar refractivity (Wildman–Crippen MR) is 73.1 cm³/mol. The number of hydrazine groups is 1. The van der Waals surface area contributed by atoms with Crippen LogP contribution in [-0.2, 0) is 6.42 Å². The number of methoxy groups -OCH3 is 1. The lowest BCUT2D eigenvalue weighted by Crippen LogP contribution is -2.30. The Morgan fingerprint density at radius 3 is 2.45 bits per heavy atom. The summed E-state index contributed by atoms with van der Waals surface area (Å²) in [6.07, 6.45) is 0.445. The Morgan fingerprint density at radius 1 is 1.15 bits per heavy atom. The van der Waals surface area contributed by atoms with Gasteiger partial charge in [0.2, 0.25) is 0 Å². The Bertz CT molecular complexity index is 573. The monoisotopic (exact) mass is 278 g/mol. The molecule has 0 aliphatic carbocycles. The van der Waals surface area contributed by atoms with Crippen molar-refractivity contribution in [2.24, 2.45) is 5.84 Å². The molecule has 1 unspecified atom stereocenters. The van der Waals surface area contributed by atoms with Crippen LogP contribution in [0, 0.1) is 11.6 Å². The molecular weight excluding hydrogens is 262 g/mol. The van der Waals surface area contributed by atoms with E-state index in [0.29, 0.717) is 12.0 Å². The summed E-state index contributed by atoms with van der Waals surface area (Å²) >= 11 is 0. The zero-order chi connectivity index (χ0) is 14.5.